The molecular formula is C48H63N9O6S. The van der Waals surface area contributed by atoms with Crippen molar-refractivity contribution in [2.45, 2.75) is 104 Å². The Morgan fingerprint density at radius 1 is 1.14 bits per heavy atom. The van der Waals surface area contributed by atoms with Crippen molar-refractivity contribution in [1.82, 2.24) is 45.0 Å². The number of carbonyl (C=O) groups excluding carboxylic acids is 4. The number of aryl methyl sites for hydroxylation is 1. The molecule has 4 amide bonds. The number of thiazole rings is 1. The van der Waals surface area contributed by atoms with Gasteiger partial charge in [-0.05, 0) is 87.9 Å². The number of carbonyl (C=O) groups is 4. The van der Waals surface area contributed by atoms with Crippen LogP contribution in [0.5, 0.6) is 0 Å². The van der Waals surface area contributed by atoms with Gasteiger partial charge in [-0.1, -0.05) is 33.8 Å². The third-order valence-electron chi connectivity index (χ3n) is 13.3. The molecule has 15 nitrogen and oxygen atoms in total. The summed E-state index contributed by atoms with van der Waals surface area (Å²) in [5, 5.41) is 8.25. The molecule has 0 saturated carbocycles. The zero-order chi connectivity index (χ0) is 45.6. The van der Waals surface area contributed by atoms with E-state index >= 15 is 0 Å². The minimum Gasteiger partial charge on any atom is -0.464 e. The summed E-state index contributed by atoms with van der Waals surface area (Å²) in [6.45, 7) is 15.5. The van der Waals surface area contributed by atoms with E-state index in [1.807, 2.05) is 39.3 Å². The van der Waals surface area contributed by atoms with E-state index in [4.69, 9.17) is 19.4 Å². The molecule has 4 aliphatic heterocycles. The molecule has 0 radical (unpaired) electrons. The highest BCUT2D eigenvalue weighted by atomic mass is 32.1. The van der Waals surface area contributed by atoms with E-state index in [-0.39, 0.29) is 37.0 Å². The number of nitrogens with zero attached hydrogens (tertiary/aromatic N) is 7. The van der Waals surface area contributed by atoms with Crippen LogP contribution in [0.25, 0.3) is 33.4 Å². The Bertz CT molecular complexity index is 2480. The molecule has 1 unspecified atom stereocenters. The lowest BCUT2D eigenvalue weighted by Crippen LogP contribution is -2.62. The van der Waals surface area contributed by atoms with Gasteiger partial charge in [0.15, 0.2) is 0 Å². The molecule has 6 bridgehead atoms. The first-order chi connectivity index (χ1) is 30.6. The average molecular weight is 894 g/mol. The van der Waals surface area contributed by atoms with E-state index in [1.165, 1.54) is 26.8 Å². The predicted molar refractivity (Wildman–Crippen MR) is 247 cm³/mol. The zero-order valence-electron chi connectivity index (χ0n) is 38.7. The number of urea groups is 1. The van der Waals surface area contributed by atoms with Crippen LogP contribution in [0, 0.1) is 11.3 Å². The van der Waals surface area contributed by atoms with E-state index in [2.05, 4.69) is 65.2 Å². The standard InChI is InChI=1S/C48H63N9O6S/c1-10-55-38-16-15-30-21-33(38)34(43(55)32-13-11-18-49-41(32)29(4)62-9)23-48(5,6)27-63-46(60)35-14-12-19-57(52-35)45(59)36(22-40-50-37(30)26-64-40)51-44(58)42(28(2)3)54(8)47(61)56-20-17-31-24-53(7)25-39(31)56/h11,13,15-16,18,21,26,28-29,35-36,42,52H,10,12,14,17,19-20,22-25,27H2,1-9H3,(H,51,58)/t29-,35-,36-,42?/m0/s1. The highest BCUT2D eigenvalue weighted by molar-refractivity contribution is 7.10. The number of pyridine rings is 1. The van der Waals surface area contributed by atoms with Crippen LogP contribution < -0.4 is 10.7 Å². The number of ether oxygens (including phenoxy) is 2. The summed E-state index contributed by atoms with van der Waals surface area (Å²) in [6.07, 6.45) is 4.12. The average Bonchev–Trinajstić information content (AvgIpc) is 4.06. The van der Waals surface area contributed by atoms with Crippen LogP contribution in [0.15, 0.2) is 53.2 Å². The van der Waals surface area contributed by atoms with E-state index in [0.29, 0.717) is 50.4 Å². The van der Waals surface area contributed by atoms with Crippen molar-refractivity contribution in [2.24, 2.45) is 11.3 Å². The number of esters is 1. The van der Waals surface area contributed by atoms with Crippen molar-refractivity contribution in [2.75, 3.05) is 54.0 Å². The van der Waals surface area contributed by atoms with Crippen LogP contribution in [0.4, 0.5) is 4.79 Å². The van der Waals surface area contributed by atoms with Gasteiger partial charge in [0.25, 0.3) is 5.91 Å². The summed E-state index contributed by atoms with van der Waals surface area (Å²) in [5.74, 6) is -1.51. The Hall–Kier alpha value is -5.16. The molecule has 0 spiro atoms. The number of rotatable bonds is 8. The molecule has 2 N–H and O–H groups in total. The Labute approximate surface area is 380 Å². The van der Waals surface area contributed by atoms with E-state index in [9.17, 15) is 19.2 Å². The summed E-state index contributed by atoms with van der Waals surface area (Å²) in [6, 6.07) is 7.58. The second-order valence-corrected chi connectivity index (χ2v) is 19.9. The fraction of sp³-hybridized carbons (Fsp3) is 0.542. The maximum atomic E-state index is 14.6. The second-order valence-electron chi connectivity index (χ2n) is 19.0. The van der Waals surface area contributed by atoms with Crippen LogP contribution in [-0.2, 0) is 43.2 Å². The van der Waals surface area contributed by atoms with Crippen molar-refractivity contribution in [3.05, 3.63) is 69.4 Å². The molecule has 4 atom stereocenters. The van der Waals surface area contributed by atoms with Gasteiger partial charge in [-0.3, -0.25) is 34.2 Å². The largest absolute Gasteiger partial charge is 0.464 e. The fourth-order valence-corrected chi connectivity index (χ4v) is 10.8. The molecule has 3 aromatic heterocycles. The highest BCUT2D eigenvalue weighted by Crippen LogP contribution is 2.42. The Morgan fingerprint density at radius 2 is 1.94 bits per heavy atom. The van der Waals surface area contributed by atoms with Gasteiger partial charge in [0.2, 0.25) is 5.91 Å². The van der Waals surface area contributed by atoms with Gasteiger partial charge in [0.1, 0.15) is 18.1 Å². The molecule has 1 fully saturated rings. The third kappa shape index (κ3) is 8.81. The number of hydrogen-bond donors (Lipinski definition) is 2. The Balaban J connectivity index is 1.17. The SMILES string of the molecule is CCn1c(-c2cccnc2[C@H](C)OC)c2c3cc(ccc31)-c1csc(n1)C[C@H](NC(=O)C(C(C)C)N(C)C(=O)N1CCC3=C1CN(C)C3)C(=O)N1CCC[C@H](N1)C(=O)OCC(C)(C)C2. The number of fused-ring (bicyclic) bond motifs is 6. The van der Waals surface area contributed by atoms with Crippen LogP contribution in [0.3, 0.4) is 0 Å². The van der Waals surface area contributed by atoms with Gasteiger partial charge in [0.05, 0.1) is 34.8 Å². The molecule has 16 heteroatoms. The lowest BCUT2D eigenvalue weighted by Gasteiger charge is -2.37. The Kier molecular flexibility index (Phi) is 13.0. The highest BCUT2D eigenvalue weighted by Gasteiger charge is 2.41. The molecule has 1 saturated heterocycles. The van der Waals surface area contributed by atoms with E-state index < -0.39 is 35.4 Å². The number of nitrogens with one attached hydrogen (secondary N) is 2. The second kappa shape index (κ2) is 18.4. The van der Waals surface area contributed by atoms with Crippen LogP contribution in [0.1, 0.15) is 83.2 Å². The molecular weight excluding hydrogens is 831 g/mol. The predicted octanol–water partition coefficient (Wildman–Crippen LogP) is 6.18. The molecule has 1 aromatic carbocycles. The Morgan fingerprint density at radius 3 is 2.69 bits per heavy atom. The van der Waals surface area contributed by atoms with E-state index in [0.717, 1.165) is 63.3 Å². The smallest absolute Gasteiger partial charge is 0.324 e. The lowest BCUT2D eigenvalue weighted by atomic mass is 9.84. The summed E-state index contributed by atoms with van der Waals surface area (Å²) < 4.78 is 14.3. The summed E-state index contributed by atoms with van der Waals surface area (Å²) >= 11 is 1.43. The number of amides is 4. The summed E-state index contributed by atoms with van der Waals surface area (Å²) in [5.41, 5.74) is 11.7. The number of hydrogen-bond acceptors (Lipinski definition) is 11. The van der Waals surface area contributed by atoms with Crippen molar-refractivity contribution >= 4 is 46.1 Å². The maximum absolute atomic E-state index is 14.6. The molecule has 4 aromatic rings. The molecule has 64 heavy (non-hydrogen) atoms. The van der Waals surface area contributed by atoms with Crippen molar-refractivity contribution < 1.29 is 28.7 Å². The van der Waals surface area contributed by atoms with Crippen LogP contribution >= 0.6 is 11.3 Å². The lowest BCUT2D eigenvalue weighted by molar-refractivity contribution is -0.155. The zero-order valence-corrected chi connectivity index (χ0v) is 39.5. The van der Waals surface area contributed by atoms with Gasteiger partial charge >= 0.3 is 12.0 Å². The third-order valence-corrected chi connectivity index (χ3v) is 14.1. The van der Waals surface area contributed by atoms with Crippen molar-refractivity contribution in [1.29, 1.82) is 0 Å². The first-order valence-electron chi connectivity index (χ1n) is 22.6. The van der Waals surface area contributed by atoms with Gasteiger partial charge in [-0.15, -0.1) is 11.3 Å². The number of cyclic esters (lactones) is 1. The monoisotopic (exact) mass is 893 g/mol. The number of aromatic nitrogens is 3. The molecule has 4 aliphatic rings. The first kappa shape index (κ1) is 45.4. The molecule has 0 aliphatic carbocycles. The quantitative estimate of drug-likeness (QED) is 0.196. The van der Waals surface area contributed by atoms with Gasteiger partial charge < -0.3 is 24.3 Å². The molecule has 342 valence electrons. The first-order valence-corrected chi connectivity index (χ1v) is 23.5. The minimum atomic E-state index is -1.04. The number of hydrazine groups is 1. The van der Waals surface area contributed by atoms with E-state index in [1.54, 1.807) is 25.3 Å². The fourth-order valence-electron chi connectivity index (χ4n) is 9.99. The molecule has 8 rings (SSSR count). The normalized spacial score (nSPS) is 21.5. The number of methoxy groups -OCH3 is 1. The van der Waals surface area contributed by atoms with Gasteiger partial charge in [-0.25, -0.2) is 15.2 Å². The van der Waals surface area contributed by atoms with Crippen molar-refractivity contribution in [3.8, 4) is 22.5 Å². The minimum absolute atomic E-state index is 0.110. The van der Waals surface area contributed by atoms with Crippen LogP contribution in [0.2, 0.25) is 0 Å². The molecule has 7 heterocycles. The van der Waals surface area contributed by atoms with Crippen LogP contribution in [-0.4, -0.2) is 130 Å². The van der Waals surface area contributed by atoms with Gasteiger partial charge in [-0.2, -0.15) is 0 Å². The summed E-state index contributed by atoms with van der Waals surface area (Å²) in [7, 11) is 5.40. The topological polar surface area (TPSA) is 154 Å². The maximum Gasteiger partial charge on any atom is 0.324 e. The number of likely N-dealkylation sites (N-methyl/N-ethyl adjacent to an activating group) is 2. The number of benzene rings is 1. The van der Waals surface area contributed by atoms with Crippen molar-refractivity contribution in [3.63, 3.8) is 0 Å². The van der Waals surface area contributed by atoms with Gasteiger partial charge in [0, 0.05) is 98.0 Å². The summed E-state index contributed by atoms with van der Waals surface area (Å²) in [4.78, 5) is 72.5.